The fourth-order valence-electron chi connectivity index (χ4n) is 3.07. The van der Waals surface area contributed by atoms with Crippen LogP contribution in [0.15, 0.2) is 48.5 Å². The van der Waals surface area contributed by atoms with Gasteiger partial charge < -0.3 is 4.74 Å². The zero-order valence-electron chi connectivity index (χ0n) is 11.6. The van der Waals surface area contributed by atoms with Gasteiger partial charge in [0.25, 0.3) is 0 Å². The molecule has 0 spiro atoms. The Morgan fingerprint density at radius 3 is 2.60 bits per heavy atom. The summed E-state index contributed by atoms with van der Waals surface area (Å²) in [6.45, 7) is 0. The summed E-state index contributed by atoms with van der Waals surface area (Å²) >= 11 is 0. The van der Waals surface area contributed by atoms with Gasteiger partial charge in [-0.1, -0.05) is 36.4 Å². The predicted molar refractivity (Wildman–Crippen MR) is 79.0 cm³/mol. The summed E-state index contributed by atoms with van der Waals surface area (Å²) in [5.41, 5.74) is 4.79. The molecule has 20 heavy (non-hydrogen) atoms. The lowest BCUT2D eigenvalue weighted by Gasteiger charge is -2.26. The lowest BCUT2D eigenvalue weighted by atomic mass is 9.79. The van der Waals surface area contributed by atoms with Gasteiger partial charge in [0.15, 0.2) is 0 Å². The van der Waals surface area contributed by atoms with Crippen LogP contribution in [-0.4, -0.2) is 13.1 Å². The molecule has 0 fully saturated rings. The minimum Gasteiger partial charge on any atom is -0.465 e. The first-order valence-electron chi connectivity index (χ1n) is 7.05. The third kappa shape index (κ3) is 2.34. The monoisotopic (exact) mass is 266 g/mol. The van der Waals surface area contributed by atoms with Gasteiger partial charge >= 0.3 is 5.97 Å². The highest BCUT2D eigenvalue weighted by molar-refractivity contribution is 5.89. The van der Waals surface area contributed by atoms with Crippen LogP contribution in [0.1, 0.15) is 45.8 Å². The summed E-state index contributed by atoms with van der Waals surface area (Å²) in [5.74, 6) is 0.173. The number of methoxy groups -OCH3 is 1. The first-order valence-corrected chi connectivity index (χ1v) is 7.05. The second-order valence-corrected chi connectivity index (χ2v) is 5.26. The van der Waals surface area contributed by atoms with Crippen molar-refractivity contribution in [2.24, 2.45) is 0 Å². The number of rotatable bonds is 2. The number of carbonyl (C=O) groups is 1. The van der Waals surface area contributed by atoms with E-state index in [0.29, 0.717) is 11.5 Å². The number of fused-ring (bicyclic) bond motifs is 1. The van der Waals surface area contributed by atoms with Crippen LogP contribution in [0.5, 0.6) is 0 Å². The summed E-state index contributed by atoms with van der Waals surface area (Å²) in [4.78, 5) is 11.5. The lowest BCUT2D eigenvalue weighted by Crippen LogP contribution is -2.11. The summed E-state index contributed by atoms with van der Waals surface area (Å²) in [6, 6.07) is 16.5. The molecule has 0 radical (unpaired) electrons. The van der Waals surface area contributed by atoms with Gasteiger partial charge in [-0.15, -0.1) is 0 Å². The summed E-state index contributed by atoms with van der Waals surface area (Å²) < 4.78 is 4.74. The molecular weight excluding hydrogens is 248 g/mol. The Kier molecular flexibility index (Phi) is 3.55. The molecule has 0 heterocycles. The zero-order chi connectivity index (χ0) is 13.9. The first-order chi connectivity index (χ1) is 9.79. The van der Waals surface area contributed by atoms with Crippen LogP contribution in [0.3, 0.4) is 0 Å². The average molecular weight is 266 g/mol. The maximum atomic E-state index is 11.5. The maximum Gasteiger partial charge on any atom is 0.337 e. The van der Waals surface area contributed by atoms with E-state index in [1.54, 1.807) is 0 Å². The molecule has 3 rings (SSSR count). The minimum atomic E-state index is -0.277. The molecule has 0 bridgehead atoms. The molecular formula is C18H18O2. The van der Waals surface area contributed by atoms with Crippen molar-refractivity contribution in [3.05, 3.63) is 70.8 Å². The first kappa shape index (κ1) is 12.9. The molecule has 2 aromatic carbocycles. The summed E-state index contributed by atoms with van der Waals surface area (Å²) in [7, 11) is 1.41. The highest BCUT2D eigenvalue weighted by Gasteiger charge is 2.21. The fourth-order valence-corrected chi connectivity index (χ4v) is 3.07. The molecule has 0 N–H and O–H groups in total. The Labute approximate surface area is 119 Å². The van der Waals surface area contributed by atoms with Crippen LogP contribution in [0.4, 0.5) is 0 Å². The van der Waals surface area contributed by atoms with E-state index in [0.717, 1.165) is 0 Å². The Bertz CT molecular complexity index is 614. The van der Waals surface area contributed by atoms with E-state index in [2.05, 4.69) is 36.4 Å². The molecule has 1 aliphatic rings. The summed E-state index contributed by atoms with van der Waals surface area (Å²) in [5, 5.41) is 0. The fraction of sp³-hybridized carbons (Fsp3) is 0.278. The Morgan fingerprint density at radius 2 is 1.85 bits per heavy atom. The molecule has 0 aromatic heterocycles. The number of carbonyl (C=O) groups excluding carboxylic acids is 1. The van der Waals surface area contributed by atoms with Crippen molar-refractivity contribution in [1.29, 1.82) is 0 Å². The number of benzene rings is 2. The molecule has 2 heteroatoms. The minimum absolute atomic E-state index is 0.277. The second kappa shape index (κ2) is 5.49. The molecule has 0 saturated carbocycles. The van der Waals surface area contributed by atoms with Gasteiger partial charge in [0, 0.05) is 5.92 Å². The molecule has 0 saturated heterocycles. The topological polar surface area (TPSA) is 26.3 Å². The number of hydrogen-bond acceptors (Lipinski definition) is 2. The van der Waals surface area contributed by atoms with E-state index in [-0.39, 0.29) is 5.97 Å². The predicted octanol–water partition coefficient (Wildman–Crippen LogP) is 3.94. The SMILES string of the molecule is COC(=O)c1ccc([C@H]2CCCc3ccccc32)cc1. The Hall–Kier alpha value is -2.09. The number of ether oxygens (including phenoxy) is 1. The van der Waals surface area contributed by atoms with Gasteiger partial charge in [-0.3, -0.25) is 0 Å². The van der Waals surface area contributed by atoms with E-state index in [9.17, 15) is 4.79 Å². The number of esters is 1. The van der Waals surface area contributed by atoms with Crippen molar-refractivity contribution >= 4 is 5.97 Å². The molecule has 0 unspecified atom stereocenters. The van der Waals surface area contributed by atoms with Crippen molar-refractivity contribution in [1.82, 2.24) is 0 Å². The van der Waals surface area contributed by atoms with Crippen LogP contribution in [0, 0.1) is 0 Å². The van der Waals surface area contributed by atoms with Gasteiger partial charge in [-0.2, -0.15) is 0 Å². The van der Waals surface area contributed by atoms with Crippen molar-refractivity contribution < 1.29 is 9.53 Å². The third-order valence-electron chi connectivity index (χ3n) is 4.10. The normalized spacial score (nSPS) is 17.4. The van der Waals surface area contributed by atoms with Crippen molar-refractivity contribution in [3.8, 4) is 0 Å². The van der Waals surface area contributed by atoms with Crippen LogP contribution in [-0.2, 0) is 11.2 Å². The van der Waals surface area contributed by atoms with Crippen LogP contribution >= 0.6 is 0 Å². The van der Waals surface area contributed by atoms with Crippen molar-refractivity contribution in [2.75, 3.05) is 7.11 Å². The molecule has 2 nitrogen and oxygen atoms in total. The second-order valence-electron chi connectivity index (χ2n) is 5.26. The highest BCUT2D eigenvalue weighted by atomic mass is 16.5. The van der Waals surface area contributed by atoms with Crippen molar-refractivity contribution in [3.63, 3.8) is 0 Å². The van der Waals surface area contributed by atoms with E-state index < -0.39 is 0 Å². The van der Waals surface area contributed by atoms with Gasteiger partial charge in [-0.05, 0) is 48.1 Å². The van der Waals surface area contributed by atoms with Gasteiger partial charge in [0.1, 0.15) is 0 Å². The van der Waals surface area contributed by atoms with Crippen LogP contribution < -0.4 is 0 Å². The standard InChI is InChI=1S/C18H18O2/c1-20-18(19)15-11-9-14(10-12-15)17-8-4-6-13-5-2-3-7-16(13)17/h2-3,5,7,9-12,17H,4,6,8H2,1H3/t17-/m1/s1. The molecule has 0 aliphatic heterocycles. The number of aryl methyl sites for hydroxylation is 1. The molecule has 1 atom stereocenters. The van der Waals surface area contributed by atoms with Gasteiger partial charge in [-0.25, -0.2) is 4.79 Å². The summed E-state index contributed by atoms with van der Waals surface area (Å²) in [6.07, 6.45) is 3.57. The Balaban J connectivity index is 1.92. The van der Waals surface area contributed by atoms with E-state index in [1.165, 1.54) is 43.1 Å². The zero-order valence-corrected chi connectivity index (χ0v) is 11.6. The van der Waals surface area contributed by atoms with Crippen LogP contribution in [0.2, 0.25) is 0 Å². The van der Waals surface area contributed by atoms with E-state index in [4.69, 9.17) is 4.74 Å². The quantitative estimate of drug-likeness (QED) is 0.769. The Morgan fingerprint density at radius 1 is 1.10 bits per heavy atom. The highest BCUT2D eigenvalue weighted by Crippen LogP contribution is 2.36. The lowest BCUT2D eigenvalue weighted by molar-refractivity contribution is 0.0600. The molecule has 0 amide bonds. The molecule has 2 aromatic rings. The average Bonchev–Trinajstić information content (AvgIpc) is 2.54. The van der Waals surface area contributed by atoms with E-state index in [1.807, 2.05) is 12.1 Å². The molecule has 102 valence electrons. The van der Waals surface area contributed by atoms with E-state index >= 15 is 0 Å². The largest absolute Gasteiger partial charge is 0.465 e. The smallest absolute Gasteiger partial charge is 0.337 e. The van der Waals surface area contributed by atoms with Gasteiger partial charge in [0.2, 0.25) is 0 Å². The number of hydrogen-bond donors (Lipinski definition) is 0. The van der Waals surface area contributed by atoms with Crippen LogP contribution in [0.25, 0.3) is 0 Å². The van der Waals surface area contributed by atoms with Gasteiger partial charge in [0.05, 0.1) is 12.7 Å². The molecule has 1 aliphatic carbocycles. The van der Waals surface area contributed by atoms with Crippen molar-refractivity contribution in [2.45, 2.75) is 25.2 Å². The third-order valence-corrected chi connectivity index (χ3v) is 4.10. The maximum absolute atomic E-state index is 11.5.